The minimum absolute atomic E-state index is 0.0669. The van der Waals surface area contributed by atoms with E-state index in [9.17, 15) is 27.9 Å². The monoisotopic (exact) mass is 574 g/mol. The van der Waals surface area contributed by atoms with Gasteiger partial charge >= 0.3 is 12.3 Å². The highest BCUT2D eigenvalue weighted by atomic mass is 19.4. The van der Waals surface area contributed by atoms with Gasteiger partial charge in [0.15, 0.2) is 0 Å². The van der Waals surface area contributed by atoms with Crippen molar-refractivity contribution in [1.29, 1.82) is 0 Å². The molecule has 0 saturated heterocycles. The Morgan fingerprint density at radius 2 is 1.93 bits per heavy atom. The number of fused-ring (bicyclic) bond motifs is 1. The largest absolute Gasteiger partial charge is 0.417 e. The fourth-order valence-corrected chi connectivity index (χ4v) is 5.25. The van der Waals surface area contributed by atoms with Crippen LogP contribution in [0, 0.1) is 11.3 Å². The van der Waals surface area contributed by atoms with Crippen LogP contribution in [0.25, 0.3) is 0 Å². The fraction of sp³-hybridized carbons (Fsp3) is 0.500. The average Bonchev–Trinajstić information content (AvgIpc) is 2.86. The van der Waals surface area contributed by atoms with E-state index in [1.54, 1.807) is 4.57 Å². The number of pyridine rings is 1. The Kier molecular flexibility index (Phi) is 10.6. The molecule has 0 radical (unpaired) electrons. The van der Waals surface area contributed by atoms with Crippen LogP contribution in [0.1, 0.15) is 77.1 Å². The molecule has 0 aliphatic heterocycles. The molecule has 1 aliphatic carbocycles. The minimum atomic E-state index is -4.56. The number of benzene rings is 1. The van der Waals surface area contributed by atoms with Gasteiger partial charge in [0.05, 0.1) is 5.56 Å². The van der Waals surface area contributed by atoms with Crippen molar-refractivity contribution in [2.45, 2.75) is 85.9 Å². The smallest absolute Gasteiger partial charge is 0.410 e. The summed E-state index contributed by atoms with van der Waals surface area (Å²) in [6, 6.07) is 5.54. The van der Waals surface area contributed by atoms with E-state index < -0.39 is 17.8 Å². The molecular weight excluding hydrogens is 533 g/mol. The van der Waals surface area contributed by atoms with Gasteiger partial charge < -0.3 is 14.4 Å². The first-order valence-corrected chi connectivity index (χ1v) is 14.0. The van der Waals surface area contributed by atoms with E-state index in [1.165, 1.54) is 29.3 Å². The van der Waals surface area contributed by atoms with Crippen molar-refractivity contribution in [3.05, 3.63) is 80.8 Å². The van der Waals surface area contributed by atoms with Gasteiger partial charge in [0.2, 0.25) is 0 Å². The van der Waals surface area contributed by atoms with Crippen molar-refractivity contribution in [2.24, 2.45) is 11.3 Å². The average molecular weight is 575 g/mol. The number of aliphatic hydroxyl groups excluding tert-OH is 1. The van der Waals surface area contributed by atoms with E-state index in [0.717, 1.165) is 42.7 Å². The number of hydrogen-bond acceptors (Lipinski definition) is 4. The molecule has 1 aromatic heterocycles. The van der Waals surface area contributed by atoms with Crippen molar-refractivity contribution in [3.8, 4) is 5.75 Å². The van der Waals surface area contributed by atoms with Gasteiger partial charge in [0.1, 0.15) is 5.75 Å². The van der Waals surface area contributed by atoms with Gasteiger partial charge in [-0.05, 0) is 88.8 Å². The van der Waals surface area contributed by atoms with Crippen molar-refractivity contribution in [1.82, 2.24) is 4.57 Å². The quantitative estimate of drug-likeness (QED) is 0.285. The number of allylic oxidation sites excluding steroid dienone is 4. The lowest BCUT2D eigenvalue weighted by Crippen LogP contribution is -2.38. The van der Waals surface area contributed by atoms with Gasteiger partial charge in [-0.3, -0.25) is 10.1 Å². The molecule has 1 unspecified atom stereocenters. The molecule has 224 valence electrons. The van der Waals surface area contributed by atoms with E-state index in [-0.39, 0.29) is 34.9 Å². The normalized spacial score (nSPS) is 16.6. The number of carbonyl (C=O) groups excluding carboxylic acids is 1. The number of aliphatic hydroxyl groups is 1. The van der Waals surface area contributed by atoms with Gasteiger partial charge in [-0.15, -0.1) is 0 Å². The molecule has 0 saturated carbocycles. The van der Waals surface area contributed by atoms with Crippen LogP contribution in [0.15, 0.2) is 58.4 Å². The van der Waals surface area contributed by atoms with E-state index in [1.807, 2.05) is 0 Å². The lowest BCUT2D eigenvalue weighted by Gasteiger charge is -2.41. The number of alkyl halides is 3. The summed E-state index contributed by atoms with van der Waals surface area (Å²) in [5.74, 6) is 0.311. The van der Waals surface area contributed by atoms with Crippen molar-refractivity contribution in [2.75, 3.05) is 11.9 Å². The molecule has 1 atom stereocenters. The van der Waals surface area contributed by atoms with Crippen LogP contribution in [0.4, 0.5) is 23.7 Å². The van der Waals surface area contributed by atoms with Crippen LogP contribution in [0.3, 0.4) is 0 Å². The number of hydrogen-bond donors (Lipinski definition) is 2. The molecule has 0 fully saturated rings. The van der Waals surface area contributed by atoms with Crippen molar-refractivity contribution in [3.63, 3.8) is 0 Å². The Hall–Kier alpha value is -3.33. The molecule has 2 aromatic rings. The number of anilines is 1. The number of nitrogens with zero attached hydrogens (tertiary/aromatic N) is 1. The molecule has 3 rings (SSSR count). The summed E-state index contributed by atoms with van der Waals surface area (Å²) < 4.78 is 46.6. The highest BCUT2D eigenvalue weighted by molar-refractivity contribution is 5.86. The third-order valence-electron chi connectivity index (χ3n) is 7.69. The molecule has 1 aromatic carbocycles. The SMILES string of the molecule is CC(C)=CCC/C(C)=C/CC1Cc2c(OC(=O)Nc3cccc(C(F)(F)F)c3)cc(=O)n(CCCO)c2CC1(C)C. The highest BCUT2D eigenvalue weighted by Crippen LogP contribution is 2.44. The summed E-state index contributed by atoms with van der Waals surface area (Å²) in [7, 11) is 0. The Balaban J connectivity index is 1.90. The van der Waals surface area contributed by atoms with Gasteiger partial charge in [-0.1, -0.05) is 43.2 Å². The Morgan fingerprint density at radius 1 is 1.20 bits per heavy atom. The van der Waals surface area contributed by atoms with Crippen molar-refractivity contribution < 1.29 is 27.8 Å². The molecule has 6 nitrogen and oxygen atoms in total. The first kappa shape index (κ1) is 32.2. The third-order valence-corrected chi connectivity index (χ3v) is 7.69. The van der Waals surface area contributed by atoms with Crippen LogP contribution in [-0.4, -0.2) is 22.4 Å². The third kappa shape index (κ3) is 8.83. The van der Waals surface area contributed by atoms with Crippen LogP contribution >= 0.6 is 0 Å². The molecule has 1 aliphatic rings. The number of aromatic nitrogens is 1. The molecule has 1 heterocycles. The molecule has 41 heavy (non-hydrogen) atoms. The minimum Gasteiger partial charge on any atom is -0.410 e. The van der Waals surface area contributed by atoms with E-state index in [2.05, 4.69) is 52.1 Å². The van der Waals surface area contributed by atoms with Gasteiger partial charge in [-0.2, -0.15) is 13.2 Å². The second-order valence-corrected chi connectivity index (χ2v) is 11.8. The number of halogens is 3. The number of carbonyl (C=O) groups is 1. The highest BCUT2D eigenvalue weighted by Gasteiger charge is 2.38. The van der Waals surface area contributed by atoms with Crippen molar-refractivity contribution >= 4 is 11.8 Å². The van der Waals surface area contributed by atoms with Crippen LogP contribution < -0.4 is 15.6 Å². The maximum atomic E-state index is 13.1. The molecule has 2 N–H and O–H groups in total. The lowest BCUT2D eigenvalue weighted by atomic mass is 9.66. The zero-order chi connectivity index (χ0) is 30.4. The predicted molar refractivity (Wildman–Crippen MR) is 155 cm³/mol. The summed E-state index contributed by atoms with van der Waals surface area (Å²) >= 11 is 0. The summed E-state index contributed by atoms with van der Waals surface area (Å²) in [5, 5.41) is 11.7. The predicted octanol–water partition coefficient (Wildman–Crippen LogP) is 7.68. The zero-order valence-corrected chi connectivity index (χ0v) is 24.5. The second kappa shape index (κ2) is 13.6. The maximum absolute atomic E-state index is 13.1. The Morgan fingerprint density at radius 3 is 2.59 bits per heavy atom. The van der Waals surface area contributed by atoms with Gasteiger partial charge in [-0.25, -0.2) is 4.79 Å². The number of nitrogens with one attached hydrogen (secondary N) is 1. The molecule has 1 amide bonds. The second-order valence-electron chi connectivity index (χ2n) is 11.8. The van der Waals surface area contributed by atoms with E-state index in [0.29, 0.717) is 25.8 Å². The Labute approximate surface area is 239 Å². The van der Waals surface area contributed by atoms with Gasteiger partial charge in [0, 0.05) is 36.2 Å². The topological polar surface area (TPSA) is 80.6 Å². The first-order chi connectivity index (χ1) is 19.2. The van der Waals surface area contributed by atoms with Crippen LogP contribution in [0.5, 0.6) is 5.75 Å². The molecule has 0 spiro atoms. The van der Waals surface area contributed by atoms with Crippen LogP contribution in [-0.2, 0) is 25.6 Å². The zero-order valence-electron chi connectivity index (χ0n) is 24.5. The number of amides is 1. The summed E-state index contributed by atoms with van der Waals surface area (Å²) in [4.78, 5) is 25.9. The molecule has 0 bridgehead atoms. The van der Waals surface area contributed by atoms with Crippen LogP contribution in [0.2, 0.25) is 0 Å². The molecular formula is C32H41F3N2O4. The first-order valence-electron chi connectivity index (χ1n) is 14.0. The molecule has 9 heteroatoms. The standard InChI is InChI=1S/C32H41F3N2O4/c1-21(2)9-6-10-22(3)13-14-23-18-26-27(20-31(23,4)5)37(15-8-16-38)29(39)19-28(26)41-30(40)36-25-12-7-11-24(17-25)32(33,34)35/h7,9,11-13,17,19,23,38H,6,8,10,14-16,18,20H2,1-5H3,(H,36,40)/b22-13+. The number of ether oxygens (including phenoxy) is 1. The fourth-order valence-electron chi connectivity index (χ4n) is 5.25. The van der Waals surface area contributed by atoms with E-state index in [4.69, 9.17) is 4.74 Å². The maximum Gasteiger partial charge on any atom is 0.417 e. The summed E-state index contributed by atoms with van der Waals surface area (Å²) in [6.45, 7) is 10.9. The lowest BCUT2D eigenvalue weighted by molar-refractivity contribution is -0.137. The number of rotatable bonds is 10. The van der Waals surface area contributed by atoms with Gasteiger partial charge in [0.25, 0.3) is 5.56 Å². The van der Waals surface area contributed by atoms with E-state index >= 15 is 0 Å². The Bertz CT molecular complexity index is 1350. The summed E-state index contributed by atoms with van der Waals surface area (Å²) in [5.41, 5.74) is 2.61. The summed E-state index contributed by atoms with van der Waals surface area (Å²) in [6.07, 6.45) is 3.26.